The van der Waals surface area contributed by atoms with Crippen LogP contribution in [0.3, 0.4) is 0 Å². The minimum atomic E-state index is 0.283. The molecule has 1 aliphatic rings. The summed E-state index contributed by atoms with van der Waals surface area (Å²) >= 11 is 1.76. The molecule has 0 spiro atoms. The number of aliphatic imine (C=N–C) groups is 1. The Kier molecular flexibility index (Phi) is 4.18. The van der Waals surface area contributed by atoms with E-state index in [2.05, 4.69) is 40.0 Å². The van der Waals surface area contributed by atoms with Crippen LogP contribution in [0, 0.1) is 0 Å². The Morgan fingerprint density at radius 3 is 3.25 bits per heavy atom. The van der Waals surface area contributed by atoms with Gasteiger partial charge in [-0.05, 0) is 47.4 Å². The zero-order valence-electron chi connectivity index (χ0n) is 11.3. The minimum Gasteiger partial charge on any atom is -0.376 e. The molecule has 1 saturated heterocycles. The van der Waals surface area contributed by atoms with E-state index >= 15 is 0 Å². The van der Waals surface area contributed by atoms with Gasteiger partial charge in [-0.25, -0.2) is 4.99 Å². The Labute approximate surface area is 122 Å². The molecule has 1 atom stereocenters. The maximum Gasteiger partial charge on any atom is 0.189 e. The highest BCUT2D eigenvalue weighted by Gasteiger charge is 2.14. The summed E-state index contributed by atoms with van der Waals surface area (Å²) in [6.45, 7) is 2.22. The Balaban J connectivity index is 1.54. The van der Waals surface area contributed by atoms with Gasteiger partial charge in [-0.3, -0.25) is 0 Å². The van der Waals surface area contributed by atoms with Crippen molar-refractivity contribution in [3.8, 4) is 0 Å². The van der Waals surface area contributed by atoms with E-state index in [0.717, 1.165) is 26.0 Å². The van der Waals surface area contributed by atoms with Crippen molar-refractivity contribution in [2.45, 2.75) is 25.5 Å². The molecule has 4 nitrogen and oxygen atoms in total. The van der Waals surface area contributed by atoms with Crippen molar-refractivity contribution >= 4 is 27.4 Å². The fourth-order valence-corrected chi connectivity index (χ4v) is 3.14. The standard InChI is InChI=1S/C15H19N3OS/c16-15(18-10-13-2-1-6-19-13)17-9-11-3-4-14-12(8-11)5-7-20-14/h3-5,7-8,13H,1-2,6,9-10H2,(H3,16,17,18). The van der Waals surface area contributed by atoms with E-state index in [-0.39, 0.29) is 6.10 Å². The van der Waals surface area contributed by atoms with E-state index in [1.54, 1.807) is 11.3 Å². The number of nitrogens with one attached hydrogen (secondary N) is 1. The van der Waals surface area contributed by atoms with Crippen LogP contribution in [0.1, 0.15) is 18.4 Å². The summed E-state index contributed by atoms with van der Waals surface area (Å²) < 4.78 is 6.84. The summed E-state index contributed by atoms with van der Waals surface area (Å²) in [5, 5.41) is 6.51. The lowest BCUT2D eigenvalue weighted by Gasteiger charge is -2.11. The highest BCUT2D eigenvalue weighted by molar-refractivity contribution is 7.17. The second kappa shape index (κ2) is 6.24. The average molecular weight is 289 g/mol. The van der Waals surface area contributed by atoms with Gasteiger partial charge in [-0.2, -0.15) is 0 Å². The van der Waals surface area contributed by atoms with Crippen molar-refractivity contribution < 1.29 is 4.74 Å². The van der Waals surface area contributed by atoms with Crippen molar-refractivity contribution in [3.63, 3.8) is 0 Å². The number of ether oxygens (including phenoxy) is 1. The van der Waals surface area contributed by atoms with E-state index < -0.39 is 0 Å². The van der Waals surface area contributed by atoms with Crippen molar-refractivity contribution in [2.75, 3.05) is 13.2 Å². The molecule has 1 aromatic heterocycles. The van der Waals surface area contributed by atoms with E-state index in [1.807, 2.05) is 0 Å². The molecule has 3 N–H and O–H groups in total. The van der Waals surface area contributed by atoms with Crippen LogP contribution in [-0.2, 0) is 11.3 Å². The van der Waals surface area contributed by atoms with Crippen LogP contribution >= 0.6 is 11.3 Å². The molecule has 2 heterocycles. The Morgan fingerprint density at radius 1 is 1.45 bits per heavy atom. The lowest BCUT2D eigenvalue weighted by atomic mass is 10.2. The molecule has 1 fully saturated rings. The van der Waals surface area contributed by atoms with Crippen LogP contribution in [0.15, 0.2) is 34.6 Å². The molecule has 3 rings (SSSR count). The molecule has 2 aromatic rings. The van der Waals surface area contributed by atoms with Crippen LogP contribution < -0.4 is 11.1 Å². The Morgan fingerprint density at radius 2 is 2.40 bits per heavy atom. The third-order valence-corrected chi connectivity index (χ3v) is 4.38. The van der Waals surface area contributed by atoms with Gasteiger partial charge < -0.3 is 15.8 Å². The molecule has 1 aromatic carbocycles. The maximum atomic E-state index is 5.88. The van der Waals surface area contributed by atoms with Gasteiger partial charge in [0.05, 0.1) is 12.6 Å². The first-order chi connectivity index (χ1) is 9.81. The SMILES string of the molecule is NC(=NCc1ccc2sccc2c1)NCC1CCCO1. The first-order valence-electron chi connectivity index (χ1n) is 6.93. The van der Waals surface area contributed by atoms with E-state index in [0.29, 0.717) is 12.5 Å². The zero-order valence-corrected chi connectivity index (χ0v) is 12.2. The van der Waals surface area contributed by atoms with Gasteiger partial charge in [0.25, 0.3) is 0 Å². The van der Waals surface area contributed by atoms with Crippen molar-refractivity contribution in [3.05, 3.63) is 35.2 Å². The number of hydrogen-bond donors (Lipinski definition) is 2. The molecular formula is C15H19N3OS. The van der Waals surface area contributed by atoms with E-state index in [9.17, 15) is 0 Å². The summed E-state index contributed by atoms with van der Waals surface area (Å²) in [5.41, 5.74) is 7.06. The number of hydrogen-bond acceptors (Lipinski definition) is 3. The number of fused-ring (bicyclic) bond motifs is 1. The lowest BCUT2D eigenvalue weighted by molar-refractivity contribution is 0.114. The summed E-state index contributed by atoms with van der Waals surface area (Å²) in [6.07, 6.45) is 2.53. The molecule has 5 heteroatoms. The first-order valence-corrected chi connectivity index (χ1v) is 7.81. The van der Waals surface area contributed by atoms with Gasteiger partial charge >= 0.3 is 0 Å². The highest BCUT2D eigenvalue weighted by Crippen LogP contribution is 2.21. The lowest BCUT2D eigenvalue weighted by Crippen LogP contribution is -2.37. The topological polar surface area (TPSA) is 59.6 Å². The number of nitrogens with zero attached hydrogens (tertiary/aromatic N) is 1. The molecular weight excluding hydrogens is 270 g/mol. The predicted octanol–water partition coefficient (Wildman–Crippen LogP) is 2.48. The Hall–Kier alpha value is -1.59. The number of rotatable bonds is 4. The third-order valence-electron chi connectivity index (χ3n) is 3.48. The van der Waals surface area contributed by atoms with Gasteiger partial charge in [0, 0.05) is 17.9 Å². The highest BCUT2D eigenvalue weighted by atomic mass is 32.1. The zero-order chi connectivity index (χ0) is 13.8. The number of guanidine groups is 1. The largest absolute Gasteiger partial charge is 0.376 e. The molecule has 1 aliphatic heterocycles. The van der Waals surface area contributed by atoms with E-state index in [4.69, 9.17) is 10.5 Å². The second-order valence-electron chi connectivity index (χ2n) is 5.01. The van der Waals surface area contributed by atoms with Crippen LogP contribution in [0.4, 0.5) is 0 Å². The third kappa shape index (κ3) is 3.29. The predicted molar refractivity (Wildman–Crippen MR) is 84.1 cm³/mol. The molecule has 0 saturated carbocycles. The summed E-state index contributed by atoms with van der Waals surface area (Å²) in [6, 6.07) is 8.55. The number of thiophene rings is 1. The molecule has 20 heavy (non-hydrogen) atoms. The quantitative estimate of drug-likeness (QED) is 0.671. The average Bonchev–Trinajstić information content (AvgIpc) is 3.13. The van der Waals surface area contributed by atoms with Crippen LogP contribution in [-0.4, -0.2) is 25.2 Å². The summed E-state index contributed by atoms with van der Waals surface area (Å²) in [4.78, 5) is 4.38. The molecule has 0 aliphatic carbocycles. The van der Waals surface area contributed by atoms with Crippen molar-refractivity contribution in [2.24, 2.45) is 10.7 Å². The van der Waals surface area contributed by atoms with Crippen LogP contribution in [0.2, 0.25) is 0 Å². The number of nitrogens with two attached hydrogens (primary N) is 1. The minimum absolute atomic E-state index is 0.283. The van der Waals surface area contributed by atoms with Gasteiger partial charge in [0.15, 0.2) is 5.96 Å². The molecule has 0 radical (unpaired) electrons. The first kappa shape index (κ1) is 13.4. The van der Waals surface area contributed by atoms with Gasteiger partial charge in [-0.15, -0.1) is 11.3 Å². The smallest absolute Gasteiger partial charge is 0.189 e. The monoisotopic (exact) mass is 289 g/mol. The van der Waals surface area contributed by atoms with E-state index in [1.165, 1.54) is 15.6 Å². The second-order valence-corrected chi connectivity index (χ2v) is 5.96. The van der Waals surface area contributed by atoms with Crippen molar-refractivity contribution in [1.82, 2.24) is 5.32 Å². The Bertz CT molecular complexity index is 602. The van der Waals surface area contributed by atoms with Gasteiger partial charge in [0.2, 0.25) is 0 Å². The maximum absolute atomic E-state index is 5.88. The molecule has 0 bridgehead atoms. The van der Waals surface area contributed by atoms with Crippen LogP contribution in [0.5, 0.6) is 0 Å². The number of benzene rings is 1. The van der Waals surface area contributed by atoms with Crippen molar-refractivity contribution in [1.29, 1.82) is 0 Å². The van der Waals surface area contributed by atoms with Gasteiger partial charge in [0.1, 0.15) is 0 Å². The normalized spacial score (nSPS) is 19.6. The fraction of sp³-hybridized carbons (Fsp3) is 0.400. The summed E-state index contributed by atoms with van der Waals surface area (Å²) in [5.74, 6) is 0.492. The molecule has 0 amide bonds. The fourth-order valence-electron chi connectivity index (χ4n) is 2.37. The van der Waals surface area contributed by atoms with Crippen LogP contribution in [0.25, 0.3) is 10.1 Å². The van der Waals surface area contributed by atoms with Gasteiger partial charge in [-0.1, -0.05) is 6.07 Å². The molecule has 1 unspecified atom stereocenters. The summed E-state index contributed by atoms with van der Waals surface area (Å²) in [7, 11) is 0. The molecule has 106 valence electrons.